The Hall–Kier alpha value is -2.02. The Morgan fingerprint density at radius 3 is 2.40 bits per heavy atom. The average Bonchev–Trinajstić information content (AvgIpc) is 2.78. The van der Waals surface area contributed by atoms with Crippen LogP contribution in [0.5, 0.6) is 0 Å². The van der Waals surface area contributed by atoms with Crippen molar-refractivity contribution in [1.82, 2.24) is 4.57 Å². The van der Waals surface area contributed by atoms with Crippen LogP contribution in [0.2, 0.25) is 0 Å². The van der Waals surface area contributed by atoms with Crippen molar-refractivity contribution in [1.29, 1.82) is 0 Å². The number of ketones is 1. The van der Waals surface area contributed by atoms with Gasteiger partial charge in [-0.1, -0.05) is 0 Å². The van der Waals surface area contributed by atoms with E-state index in [1.165, 1.54) is 13.1 Å². The molecule has 1 aromatic heterocycles. The Kier molecular flexibility index (Phi) is 3.71. The second-order valence-corrected chi connectivity index (χ2v) is 4.92. The zero-order chi connectivity index (χ0) is 15.0. The summed E-state index contributed by atoms with van der Waals surface area (Å²) in [6.07, 6.45) is 1.20. The molecule has 0 amide bonds. The molecule has 7 heteroatoms. The number of hydrogen-bond donors (Lipinski definition) is 1. The number of hydrogen-bond acceptors (Lipinski definition) is 2. The molecule has 20 heavy (non-hydrogen) atoms. The minimum absolute atomic E-state index is 0.0108. The van der Waals surface area contributed by atoms with Crippen molar-refractivity contribution in [2.45, 2.75) is 6.92 Å². The molecule has 0 aliphatic heterocycles. The summed E-state index contributed by atoms with van der Waals surface area (Å²) in [6, 6.07) is 2.89. The monoisotopic (exact) mass is 343 g/mol. The maximum absolute atomic E-state index is 13.8. The van der Waals surface area contributed by atoms with Gasteiger partial charge in [0.15, 0.2) is 5.78 Å². The Balaban J connectivity index is 2.71. The van der Waals surface area contributed by atoms with E-state index in [9.17, 15) is 18.4 Å². The van der Waals surface area contributed by atoms with E-state index in [4.69, 9.17) is 5.11 Å². The summed E-state index contributed by atoms with van der Waals surface area (Å²) < 4.78 is 28.0. The van der Waals surface area contributed by atoms with Gasteiger partial charge < -0.3 is 9.67 Å². The number of Topliss-reactive ketones (excluding diaryl/α,β-unsaturated/α-hetero) is 1. The van der Waals surface area contributed by atoms with Crippen LogP contribution in [0.3, 0.4) is 0 Å². The number of rotatable bonds is 3. The first-order chi connectivity index (χ1) is 9.31. The predicted molar refractivity (Wildman–Crippen MR) is 70.3 cm³/mol. The van der Waals surface area contributed by atoms with Crippen molar-refractivity contribution in [3.8, 4) is 5.69 Å². The van der Waals surface area contributed by atoms with Crippen LogP contribution in [-0.2, 0) is 0 Å². The summed E-state index contributed by atoms with van der Waals surface area (Å²) >= 11 is 2.91. The van der Waals surface area contributed by atoms with Gasteiger partial charge >= 0.3 is 5.97 Å². The molecule has 0 atom stereocenters. The summed E-state index contributed by atoms with van der Waals surface area (Å²) in [4.78, 5) is 22.5. The van der Waals surface area contributed by atoms with Gasteiger partial charge in [-0.2, -0.15) is 0 Å². The van der Waals surface area contributed by atoms with E-state index in [1.54, 1.807) is 0 Å². The van der Waals surface area contributed by atoms with Crippen LogP contribution >= 0.6 is 15.9 Å². The molecule has 104 valence electrons. The minimum atomic E-state index is -1.32. The summed E-state index contributed by atoms with van der Waals surface area (Å²) in [5.41, 5.74) is -0.321. The van der Waals surface area contributed by atoms with Gasteiger partial charge in [0.2, 0.25) is 0 Å². The Morgan fingerprint density at radius 1 is 1.20 bits per heavy atom. The molecule has 0 aliphatic carbocycles. The Morgan fingerprint density at radius 2 is 1.85 bits per heavy atom. The van der Waals surface area contributed by atoms with Gasteiger partial charge in [-0.25, -0.2) is 13.6 Å². The second kappa shape index (κ2) is 5.16. The molecule has 4 nitrogen and oxygen atoms in total. The largest absolute Gasteiger partial charge is 0.477 e. The Bertz CT molecular complexity index is 725. The summed E-state index contributed by atoms with van der Waals surface area (Å²) in [5.74, 6) is -3.41. The van der Waals surface area contributed by atoms with Crippen LogP contribution in [0.15, 0.2) is 28.9 Å². The van der Waals surface area contributed by atoms with E-state index in [0.29, 0.717) is 6.07 Å². The third kappa shape index (κ3) is 2.49. The summed E-state index contributed by atoms with van der Waals surface area (Å²) in [5, 5.41) is 9.10. The van der Waals surface area contributed by atoms with E-state index in [-0.39, 0.29) is 27.2 Å². The number of aromatic nitrogens is 1. The summed E-state index contributed by atoms with van der Waals surface area (Å²) in [6.45, 7) is 1.27. The normalized spacial score (nSPS) is 10.6. The SMILES string of the molecule is CC(=O)c1cc(C(=O)O)n(-c2cc(Br)c(F)cc2F)c1. The molecule has 0 radical (unpaired) electrons. The quantitative estimate of drug-likeness (QED) is 0.686. The van der Waals surface area contributed by atoms with Gasteiger partial charge in [0.25, 0.3) is 0 Å². The molecule has 0 bridgehead atoms. The Labute approximate surface area is 120 Å². The molecule has 0 fully saturated rings. The van der Waals surface area contributed by atoms with Crippen molar-refractivity contribution >= 4 is 27.7 Å². The predicted octanol–water partition coefficient (Wildman–Crippen LogP) is 3.42. The first-order valence-electron chi connectivity index (χ1n) is 5.42. The first kappa shape index (κ1) is 14.4. The van der Waals surface area contributed by atoms with Gasteiger partial charge in [-0.3, -0.25) is 4.79 Å². The smallest absolute Gasteiger partial charge is 0.352 e. The minimum Gasteiger partial charge on any atom is -0.477 e. The molecule has 1 heterocycles. The number of halogens is 3. The lowest BCUT2D eigenvalue weighted by molar-refractivity contribution is 0.0688. The molecule has 0 aliphatic rings. The lowest BCUT2D eigenvalue weighted by atomic mass is 10.2. The summed E-state index contributed by atoms with van der Waals surface area (Å²) in [7, 11) is 0. The van der Waals surface area contributed by atoms with Crippen molar-refractivity contribution in [3.63, 3.8) is 0 Å². The zero-order valence-corrected chi connectivity index (χ0v) is 11.7. The number of carbonyl (C=O) groups is 2. The molecular formula is C13H8BrF2NO3. The van der Waals surface area contributed by atoms with Gasteiger partial charge in [-0.05, 0) is 35.0 Å². The van der Waals surface area contributed by atoms with Gasteiger partial charge in [0.1, 0.15) is 17.3 Å². The molecule has 1 aromatic carbocycles. The third-order valence-electron chi connectivity index (χ3n) is 2.69. The van der Waals surface area contributed by atoms with Crippen molar-refractivity contribution in [2.75, 3.05) is 0 Å². The first-order valence-corrected chi connectivity index (χ1v) is 6.22. The van der Waals surface area contributed by atoms with E-state index >= 15 is 0 Å². The molecular weight excluding hydrogens is 336 g/mol. The van der Waals surface area contributed by atoms with Crippen LogP contribution in [0.1, 0.15) is 27.8 Å². The highest BCUT2D eigenvalue weighted by molar-refractivity contribution is 9.10. The lowest BCUT2D eigenvalue weighted by Gasteiger charge is -2.08. The molecule has 0 saturated heterocycles. The highest BCUT2D eigenvalue weighted by Crippen LogP contribution is 2.25. The highest BCUT2D eigenvalue weighted by Gasteiger charge is 2.19. The van der Waals surface area contributed by atoms with Crippen LogP contribution < -0.4 is 0 Å². The van der Waals surface area contributed by atoms with Crippen LogP contribution in [0, 0.1) is 11.6 Å². The van der Waals surface area contributed by atoms with Gasteiger partial charge in [0, 0.05) is 17.8 Å². The van der Waals surface area contributed by atoms with Gasteiger partial charge in [0.05, 0.1) is 10.2 Å². The number of benzene rings is 1. The molecule has 0 saturated carbocycles. The maximum atomic E-state index is 13.8. The lowest BCUT2D eigenvalue weighted by Crippen LogP contribution is -2.07. The van der Waals surface area contributed by atoms with Crippen molar-refractivity contribution in [3.05, 3.63) is 51.8 Å². The van der Waals surface area contributed by atoms with Crippen LogP contribution in [0.25, 0.3) is 5.69 Å². The zero-order valence-electron chi connectivity index (χ0n) is 10.2. The average molecular weight is 344 g/mol. The number of nitrogens with zero attached hydrogens (tertiary/aromatic N) is 1. The molecule has 2 rings (SSSR count). The standard InChI is InChI=1S/C13H8BrF2NO3/c1-6(18)7-2-12(13(19)20)17(5-7)11-3-8(14)9(15)4-10(11)16/h2-5H,1H3,(H,19,20). The van der Waals surface area contributed by atoms with Crippen molar-refractivity contribution in [2.24, 2.45) is 0 Å². The van der Waals surface area contributed by atoms with E-state index in [0.717, 1.165) is 16.7 Å². The van der Waals surface area contributed by atoms with E-state index in [1.807, 2.05) is 0 Å². The fourth-order valence-corrected chi connectivity index (χ4v) is 2.05. The fourth-order valence-electron chi connectivity index (χ4n) is 1.72. The number of carboxylic acids is 1. The molecule has 2 aromatic rings. The fraction of sp³-hybridized carbons (Fsp3) is 0.0769. The number of aromatic carboxylic acids is 1. The molecule has 0 spiro atoms. The topological polar surface area (TPSA) is 59.3 Å². The number of carbonyl (C=O) groups excluding carboxylic acids is 1. The molecule has 0 unspecified atom stereocenters. The van der Waals surface area contributed by atoms with Gasteiger partial charge in [-0.15, -0.1) is 0 Å². The molecule has 1 N–H and O–H groups in total. The maximum Gasteiger partial charge on any atom is 0.352 e. The van der Waals surface area contributed by atoms with Crippen molar-refractivity contribution < 1.29 is 23.5 Å². The second-order valence-electron chi connectivity index (χ2n) is 4.06. The number of carboxylic acid groups (broad SMARTS) is 1. The van der Waals surface area contributed by atoms with E-state index < -0.39 is 17.6 Å². The van der Waals surface area contributed by atoms with Crippen LogP contribution in [-0.4, -0.2) is 21.4 Å². The third-order valence-corrected chi connectivity index (χ3v) is 3.30. The highest BCUT2D eigenvalue weighted by atomic mass is 79.9. The van der Waals surface area contributed by atoms with E-state index in [2.05, 4.69) is 15.9 Å². The van der Waals surface area contributed by atoms with Crippen LogP contribution in [0.4, 0.5) is 8.78 Å².